The summed E-state index contributed by atoms with van der Waals surface area (Å²) in [5, 5.41) is 12.8. The highest BCUT2D eigenvalue weighted by Gasteiger charge is 2.33. The van der Waals surface area contributed by atoms with E-state index in [0.717, 1.165) is 12.1 Å². The number of alkyl halides is 3. The number of carbonyl (C=O) groups excluding carboxylic acids is 1. The molecule has 0 unspecified atom stereocenters. The number of rotatable bonds is 3. The highest BCUT2D eigenvalue weighted by molar-refractivity contribution is 5.94. The number of fused-ring (bicyclic) bond motifs is 1. The van der Waals surface area contributed by atoms with Gasteiger partial charge in [-0.15, -0.1) is 0 Å². The molecule has 2 heterocycles. The number of ether oxygens (including phenoxy) is 1. The Bertz CT molecular complexity index is 1090. The summed E-state index contributed by atoms with van der Waals surface area (Å²) >= 11 is 0. The van der Waals surface area contributed by atoms with Crippen molar-refractivity contribution in [2.75, 3.05) is 12.4 Å². The molecule has 0 saturated heterocycles. The van der Waals surface area contributed by atoms with Crippen molar-refractivity contribution in [3.63, 3.8) is 0 Å². The molecule has 1 atom stereocenters. The predicted molar refractivity (Wildman–Crippen MR) is 98.3 cm³/mol. The van der Waals surface area contributed by atoms with Gasteiger partial charge in [0.25, 0.3) is 0 Å². The Morgan fingerprint density at radius 2 is 2.03 bits per heavy atom. The third-order valence-electron chi connectivity index (χ3n) is 4.84. The molecule has 6 nitrogen and oxygen atoms in total. The highest BCUT2D eigenvalue weighted by atomic mass is 19.4. The van der Waals surface area contributed by atoms with Crippen LogP contribution in [0, 0.1) is 0 Å². The fraction of sp³-hybridized carbons (Fsp3) is 0.200. The molecule has 1 aromatic heterocycles. The SMILES string of the molecule is COc1ccc([C@@H]2CC(=O)Nc3ncn(-c4cccc(C(F)(F)F)c4)c32)cc1O. The first-order valence-electron chi connectivity index (χ1n) is 8.69. The van der Waals surface area contributed by atoms with Crippen LogP contribution < -0.4 is 10.1 Å². The maximum Gasteiger partial charge on any atom is 0.416 e. The van der Waals surface area contributed by atoms with E-state index in [0.29, 0.717) is 11.3 Å². The average Bonchev–Trinajstić information content (AvgIpc) is 3.10. The molecule has 0 aliphatic carbocycles. The van der Waals surface area contributed by atoms with Crippen molar-refractivity contribution in [3.8, 4) is 17.2 Å². The number of phenolic OH excluding ortho intramolecular Hbond substituents is 1. The molecule has 0 spiro atoms. The second kappa shape index (κ2) is 6.84. The summed E-state index contributed by atoms with van der Waals surface area (Å²) in [5.41, 5.74) is 0.644. The van der Waals surface area contributed by atoms with Crippen molar-refractivity contribution in [2.24, 2.45) is 0 Å². The average molecular weight is 403 g/mol. The Morgan fingerprint density at radius 1 is 1.24 bits per heavy atom. The zero-order chi connectivity index (χ0) is 20.8. The zero-order valence-corrected chi connectivity index (χ0v) is 15.2. The van der Waals surface area contributed by atoms with Crippen LogP contribution in [0.3, 0.4) is 0 Å². The molecule has 0 fully saturated rings. The maximum absolute atomic E-state index is 13.1. The lowest BCUT2D eigenvalue weighted by Crippen LogP contribution is -2.25. The number of anilines is 1. The minimum atomic E-state index is -4.48. The van der Waals surface area contributed by atoms with Gasteiger partial charge >= 0.3 is 6.18 Å². The molecule has 3 aromatic rings. The fourth-order valence-electron chi connectivity index (χ4n) is 3.49. The van der Waals surface area contributed by atoms with Gasteiger partial charge in [-0.2, -0.15) is 13.2 Å². The van der Waals surface area contributed by atoms with Crippen LogP contribution in [0.1, 0.15) is 29.2 Å². The lowest BCUT2D eigenvalue weighted by atomic mass is 9.89. The predicted octanol–water partition coefficient (Wildman–Crippen LogP) is 4.08. The lowest BCUT2D eigenvalue weighted by molar-refractivity contribution is -0.137. The quantitative estimate of drug-likeness (QED) is 0.691. The Labute approximate surface area is 163 Å². The van der Waals surface area contributed by atoms with Gasteiger partial charge in [-0.1, -0.05) is 12.1 Å². The zero-order valence-electron chi connectivity index (χ0n) is 15.2. The molecule has 1 amide bonds. The van der Waals surface area contributed by atoms with Crippen molar-refractivity contribution < 1.29 is 27.8 Å². The van der Waals surface area contributed by atoms with Gasteiger partial charge in [0.1, 0.15) is 6.33 Å². The van der Waals surface area contributed by atoms with Crippen molar-refractivity contribution in [3.05, 3.63) is 65.6 Å². The second-order valence-corrected chi connectivity index (χ2v) is 6.63. The Balaban J connectivity index is 1.84. The van der Waals surface area contributed by atoms with Gasteiger partial charge in [0.2, 0.25) is 5.91 Å². The Kier molecular flexibility index (Phi) is 4.45. The van der Waals surface area contributed by atoms with Crippen LogP contribution in [0.5, 0.6) is 11.5 Å². The standard InChI is InChI=1S/C20H16F3N3O3/c1-29-16-6-5-11(7-15(16)27)14-9-17(28)25-19-18(14)26(10-24-19)13-4-2-3-12(8-13)20(21,22)23/h2-8,10,14,27H,9H2,1H3,(H,25,28)/t14-/m0/s1. The van der Waals surface area contributed by atoms with Crippen LogP contribution >= 0.6 is 0 Å². The summed E-state index contributed by atoms with van der Waals surface area (Å²) < 4.78 is 46.0. The third-order valence-corrected chi connectivity index (χ3v) is 4.84. The summed E-state index contributed by atoms with van der Waals surface area (Å²) in [6, 6.07) is 9.64. The summed E-state index contributed by atoms with van der Waals surface area (Å²) in [7, 11) is 1.42. The molecule has 29 heavy (non-hydrogen) atoms. The highest BCUT2D eigenvalue weighted by Crippen LogP contribution is 2.41. The monoisotopic (exact) mass is 403 g/mol. The molecular weight excluding hydrogens is 387 g/mol. The van der Waals surface area contributed by atoms with Crippen LogP contribution in [0.15, 0.2) is 48.8 Å². The van der Waals surface area contributed by atoms with Crippen LogP contribution in [0.25, 0.3) is 5.69 Å². The second-order valence-electron chi connectivity index (χ2n) is 6.63. The molecule has 2 aromatic carbocycles. The van der Waals surface area contributed by atoms with E-state index in [2.05, 4.69) is 10.3 Å². The lowest BCUT2D eigenvalue weighted by Gasteiger charge is -2.25. The first-order valence-corrected chi connectivity index (χ1v) is 8.69. The summed E-state index contributed by atoms with van der Waals surface area (Å²) in [6.07, 6.45) is -3.04. The Hall–Kier alpha value is -3.49. The van der Waals surface area contributed by atoms with Gasteiger partial charge in [-0.05, 0) is 35.9 Å². The number of imidazole rings is 1. The number of benzene rings is 2. The molecule has 1 aliphatic rings. The van der Waals surface area contributed by atoms with Crippen LogP contribution in [0.4, 0.5) is 19.0 Å². The number of hydrogen-bond donors (Lipinski definition) is 2. The van der Waals surface area contributed by atoms with Crippen molar-refractivity contribution in [1.82, 2.24) is 9.55 Å². The number of aromatic nitrogens is 2. The first-order chi connectivity index (χ1) is 13.8. The molecule has 4 rings (SSSR count). The van der Waals surface area contributed by atoms with E-state index in [4.69, 9.17) is 4.74 Å². The van der Waals surface area contributed by atoms with Gasteiger partial charge in [0.15, 0.2) is 17.3 Å². The molecule has 0 bridgehead atoms. The van der Waals surface area contributed by atoms with E-state index < -0.39 is 17.7 Å². The van der Waals surface area contributed by atoms with E-state index in [1.54, 1.807) is 12.1 Å². The first kappa shape index (κ1) is 18.9. The Morgan fingerprint density at radius 3 is 2.72 bits per heavy atom. The van der Waals surface area contributed by atoms with Crippen molar-refractivity contribution in [2.45, 2.75) is 18.5 Å². The number of carbonyl (C=O) groups is 1. The van der Waals surface area contributed by atoms with E-state index in [-0.39, 0.29) is 35.3 Å². The number of hydrogen-bond acceptors (Lipinski definition) is 4. The molecule has 2 N–H and O–H groups in total. The van der Waals surface area contributed by atoms with Crippen molar-refractivity contribution >= 4 is 11.7 Å². The van der Waals surface area contributed by atoms with Gasteiger partial charge in [-0.25, -0.2) is 4.98 Å². The molecular formula is C20H16F3N3O3. The number of amides is 1. The smallest absolute Gasteiger partial charge is 0.416 e. The van der Waals surface area contributed by atoms with E-state index in [1.165, 1.54) is 36.2 Å². The topological polar surface area (TPSA) is 76.4 Å². The number of phenols is 1. The molecule has 0 saturated carbocycles. The van der Waals surface area contributed by atoms with E-state index >= 15 is 0 Å². The van der Waals surface area contributed by atoms with E-state index in [1.807, 2.05) is 0 Å². The largest absolute Gasteiger partial charge is 0.504 e. The van der Waals surface area contributed by atoms with E-state index in [9.17, 15) is 23.1 Å². The number of halogens is 3. The van der Waals surface area contributed by atoms with Crippen LogP contribution in [0.2, 0.25) is 0 Å². The summed E-state index contributed by atoms with van der Waals surface area (Å²) in [6.45, 7) is 0. The molecule has 9 heteroatoms. The normalized spacial score (nSPS) is 16.3. The van der Waals surface area contributed by atoms with Gasteiger partial charge in [0.05, 0.1) is 18.4 Å². The number of nitrogens with one attached hydrogen (secondary N) is 1. The van der Waals surface area contributed by atoms with Gasteiger partial charge in [-0.3, -0.25) is 4.79 Å². The maximum atomic E-state index is 13.1. The van der Waals surface area contributed by atoms with Gasteiger partial charge < -0.3 is 19.7 Å². The summed E-state index contributed by atoms with van der Waals surface area (Å²) in [4.78, 5) is 16.3. The number of methoxy groups -OCH3 is 1. The number of nitrogens with zero attached hydrogens (tertiary/aromatic N) is 2. The minimum Gasteiger partial charge on any atom is -0.504 e. The van der Waals surface area contributed by atoms with Crippen molar-refractivity contribution in [1.29, 1.82) is 0 Å². The van der Waals surface area contributed by atoms with Crippen LogP contribution in [-0.4, -0.2) is 27.7 Å². The molecule has 150 valence electrons. The van der Waals surface area contributed by atoms with Crippen LogP contribution in [-0.2, 0) is 11.0 Å². The van der Waals surface area contributed by atoms with Gasteiger partial charge in [0, 0.05) is 18.0 Å². The molecule has 0 radical (unpaired) electrons. The molecule has 1 aliphatic heterocycles. The third kappa shape index (κ3) is 3.39. The summed E-state index contributed by atoms with van der Waals surface area (Å²) in [5.74, 6) is -0.318. The fourth-order valence-corrected chi connectivity index (χ4v) is 3.49. The number of aromatic hydroxyl groups is 1. The minimum absolute atomic E-state index is 0.0590.